The molecule has 1 amide bonds. The molecule has 0 saturated heterocycles. The molecule has 2 rings (SSSR count). The summed E-state index contributed by atoms with van der Waals surface area (Å²) in [5.74, 6) is 0.701. The van der Waals surface area contributed by atoms with E-state index in [0.717, 1.165) is 38.6 Å². The van der Waals surface area contributed by atoms with Gasteiger partial charge in [-0.05, 0) is 50.6 Å². The van der Waals surface area contributed by atoms with E-state index in [4.69, 9.17) is 5.73 Å². The average molecular weight is 291 g/mol. The number of aromatic nitrogens is 1. The highest BCUT2D eigenvalue weighted by Crippen LogP contribution is 2.28. The zero-order chi connectivity index (χ0) is 15.2. The van der Waals surface area contributed by atoms with E-state index in [-0.39, 0.29) is 17.4 Å². The molecule has 5 nitrogen and oxygen atoms in total. The van der Waals surface area contributed by atoms with E-state index >= 15 is 0 Å². The Kier molecular flexibility index (Phi) is 5.56. The first-order valence-corrected chi connectivity index (χ1v) is 7.85. The molecule has 0 aliphatic heterocycles. The minimum absolute atomic E-state index is 0.0293. The third-order valence-electron chi connectivity index (χ3n) is 4.27. The zero-order valence-corrected chi connectivity index (χ0v) is 12.7. The van der Waals surface area contributed by atoms with Crippen LogP contribution in [-0.2, 0) is 11.3 Å². The molecule has 21 heavy (non-hydrogen) atoms. The highest BCUT2D eigenvalue weighted by molar-refractivity contribution is 5.92. The molecule has 1 aliphatic carbocycles. The highest BCUT2D eigenvalue weighted by Gasteiger charge is 2.25. The van der Waals surface area contributed by atoms with Gasteiger partial charge in [-0.25, -0.2) is 0 Å². The van der Waals surface area contributed by atoms with Crippen LogP contribution in [0.25, 0.3) is 0 Å². The van der Waals surface area contributed by atoms with E-state index in [1.165, 1.54) is 6.07 Å². The number of hydrogen-bond donors (Lipinski definition) is 2. The van der Waals surface area contributed by atoms with Crippen LogP contribution in [0, 0.1) is 11.8 Å². The van der Waals surface area contributed by atoms with Crippen molar-refractivity contribution in [2.75, 3.05) is 11.9 Å². The quantitative estimate of drug-likeness (QED) is 0.870. The molecular weight excluding hydrogens is 266 g/mol. The summed E-state index contributed by atoms with van der Waals surface area (Å²) in [6, 6.07) is 3.19. The predicted molar refractivity (Wildman–Crippen MR) is 84.1 cm³/mol. The Morgan fingerprint density at radius 2 is 2.05 bits per heavy atom. The SMILES string of the molecule is CCCn1cc(NC(=O)C2CCC(CN)CC2)ccc1=O. The first kappa shape index (κ1) is 15.8. The van der Waals surface area contributed by atoms with Crippen molar-refractivity contribution in [3.63, 3.8) is 0 Å². The Bertz CT molecular complexity index is 531. The van der Waals surface area contributed by atoms with Gasteiger partial charge in [-0.2, -0.15) is 0 Å². The van der Waals surface area contributed by atoms with Crippen LogP contribution in [0.3, 0.4) is 0 Å². The van der Waals surface area contributed by atoms with Crippen molar-refractivity contribution < 1.29 is 4.79 Å². The van der Waals surface area contributed by atoms with Crippen LogP contribution < -0.4 is 16.6 Å². The third kappa shape index (κ3) is 4.17. The van der Waals surface area contributed by atoms with Gasteiger partial charge in [0.1, 0.15) is 0 Å². The van der Waals surface area contributed by atoms with Gasteiger partial charge < -0.3 is 15.6 Å². The number of hydrogen-bond acceptors (Lipinski definition) is 3. The number of carbonyl (C=O) groups excluding carboxylic acids is 1. The monoisotopic (exact) mass is 291 g/mol. The molecule has 5 heteroatoms. The number of aryl methyl sites for hydroxylation is 1. The molecule has 1 aromatic heterocycles. The first-order chi connectivity index (χ1) is 10.1. The van der Waals surface area contributed by atoms with Crippen molar-refractivity contribution in [2.45, 2.75) is 45.6 Å². The molecule has 116 valence electrons. The van der Waals surface area contributed by atoms with Gasteiger partial charge in [0.25, 0.3) is 5.56 Å². The maximum Gasteiger partial charge on any atom is 0.250 e. The second-order valence-electron chi connectivity index (χ2n) is 5.89. The summed E-state index contributed by atoms with van der Waals surface area (Å²) in [5.41, 5.74) is 6.35. The van der Waals surface area contributed by atoms with Crippen LogP contribution in [-0.4, -0.2) is 17.0 Å². The second kappa shape index (κ2) is 7.41. The van der Waals surface area contributed by atoms with Gasteiger partial charge in [-0.1, -0.05) is 6.92 Å². The number of anilines is 1. The largest absolute Gasteiger partial charge is 0.330 e. The van der Waals surface area contributed by atoms with Gasteiger partial charge >= 0.3 is 0 Å². The van der Waals surface area contributed by atoms with Gasteiger partial charge in [0.2, 0.25) is 5.91 Å². The van der Waals surface area contributed by atoms with Crippen molar-refractivity contribution >= 4 is 11.6 Å². The first-order valence-electron chi connectivity index (χ1n) is 7.85. The van der Waals surface area contributed by atoms with E-state index < -0.39 is 0 Å². The molecule has 0 atom stereocenters. The predicted octanol–water partition coefficient (Wildman–Crippen LogP) is 1.96. The molecular formula is C16H25N3O2. The molecule has 1 aliphatic rings. The molecule has 0 radical (unpaired) electrons. The van der Waals surface area contributed by atoms with Crippen LogP contribution >= 0.6 is 0 Å². The topological polar surface area (TPSA) is 77.1 Å². The Hall–Kier alpha value is -1.62. The average Bonchev–Trinajstić information content (AvgIpc) is 2.51. The molecule has 1 fully saturated rings. The highest BCUT2D eigenvalue weighted by atomic mass is 16.2. The third-order valence-corrected chi connectivity index (χ3v) is 4.27. The summed E-state index contributed by atoms with van der Waals surface area (Å²) in [5, 5.41) is 2.94. The number of rotatable bonds is 5. The Morgan fingerprint density at radius 1 is 1.33 bits per heavy atom. The lowest BCUT2D eigenvalue weighted by Gasteiger charge is -2.26. The summed E-state index contributed by atoms with van der Waals surface area (Å²) in [6.45, 7) is 3.41. The number of amides is 1. The van der Waals surface area contributed by atoms with E-state index in [0.29, 0.717) is 18.2 Å². The fraction of sp³-hybridized carbons (Fsp3) is 0.625. The number of nitrogens with two attached hydrogens (primary N) is 1. The molecule has 0 unspecified atom stereocenters. The number of carbonyl (C=O) groups is 1. The molecule has 0 bridgehead atoms. The molecule has 0 spiro atoms. The minimum atomic E-state index is -0.0293. The smallest absolute Gasteiger partial charge is 0.250 e. The van der Waals surface area contributed by atoms with Crippen molar-refractivity contribution in [3.05, 3.63) is 28.7 Å². The Labute approximate surface area is 125 Å². The summed E-state index contributed by atoms with van der Waals surface area (Å²) in [4.78, 5) is 23.9. The summed E-state index contributed by atoms with van der Waals surface area (Å²) in [6.07, 6.45) is 6.49. The summed E-state index contributed by atoms with van der Waals surface area (Å²) in [7, 11) is 0. The fourth-order valence-corrected chi connectivity index (χ4v) is 2.93. The summed E-state index contributed by atoms with van der Waals surface area (Å²) < 4.78 is 1.64. The van der Waals surface area contributed by atoms with Crippen LogP contribution in [0.5, 0.6) is 0 Å². The van der Waals surface area contributed by atoms with Gasteiger partial charge in [0, 0.05) is 24.7 Å². The standard InChI is InChI=1S/C16H25N3O2/c1-2-9-19-11-14(7-8-15(19)20)18-16(21)13-5-3-12(10-17)4-6-13/h7-8,11-13H,2-6,9-10,17H2,1H3,(H,18,21). The zero-order valence-electron chi connectivity index (χ0n) is 12.7. The normalized spacial score (nSPS) is 22.0. The molecule has 0 aromatic carbocycles. The molecule has 1 saturated carbocycles. The number of nitrogens with one attached hydrogen (secondary N) is 1. The van der Waals surface area contributed by atoms with E-state index in [1.54, 1.807) is 16.8 Å². The molecule has 3 N–H and O–H groups in total. The lowest BCUT2D eigenvalue weighted by atomic mass is 9.81. The number of pyridine rings is 1. The van der Waals surface area contributed by atoms with Crippen molar-refractivity contribution in [1.29, 1.82) is 0 Å². The lowest BCUT2D eigenvalue weighted by molar-refractivity contribution is -0.121. The maximum atomic E-state index is 12.3. The van der Waals surface area contributed by atoms with E-state index in [1.807, 2.05) is 6.92 Å². The second-order valence-corrected chi connectivity index (χ2v) is 5.89. The van der Waals surface area contributed by atoms with Crippen LogP contribution in [0.15, 0.2) is 23.1 Å². The van der Waals surface area contributed by atoms with E-state index in [2.05, 4.69) is 5.32 Å². The van der Waals surface area contributed by atoms with Gasteiger partial charge in [-0.15, -0.1) is 0 Å². The van der Waals surface area contributed by atoms with Gasteiger partial charge in [0.15, 0.2) is 0 Å². The molecule has 1 aromatic rings. The van der Waals surface area contributed by atoms with Crippen molar-refractivity contribution in [2.24, 2.45) is 17.6 Å². The molecule has 1 heterocycles. The maximum absolute atomic E-state index is 12.3. The number of nitrogens with zero attached hydrogens (tertiary/aromatic N) is 1. The van der Waals surface area contributed by atoms with Crippen molar-refractivity contribution in [1.82, 2.24) is 4.57 Å². The fourth-order valence-electron chi connectivity index (χ4n) is 2.93. The van der Waals surface area contributed by atoms with E-state index in [9.17, 15) is 9.59 Å². The summed E-state index contributed by atoms with van der Waals surface area (Å²) >= 11 is 0. The Morgan fingerprint density at radius 3 is 2.67 bits per heavy atom. The lowest BCUT2D eigenvalue weighted by Crippen LogP contribution is -2.30. The van der Waals surface area contributed by atoms with Crippen molar-refractivity contribution in [3.8, 4) is 0 Å². The minimum Gasteiger partial charge on any atom is -0.330 e. The Balaban J connectivity index is 1.96. The van der Waals surface area contributed by atoms with Gasteiger partial charge in [-0.3, -0.25) is 9.59 Å². The van der Waals surface area contributed by atoms with Gasteiger partial charge in [0.05, 0.1) is 5.69 Å². The van der Waals surface area contributed by atoms with Crippen LogP contribution in [0.2, 0.25) is 0 Å². The van der Waals surface area contributed by atoms with Crippen LogP contribution in [0.1, 0.15) is 39.0 Å². The van der Waals surface area contributed by atoms with Crippen LogP contribution in [0.4, 0.5) is 5.69 Å².